The van der Waals surface area contributed by atoms with E-state index in [2.05, 4.69) is 12.2 Å². The third kappa shape index (κ3) is 4.01. The van der Waals surface area contributed by atoms with E-state index in [-0.39, 0.29) is 17.8 Å². The molecule has 2 nitrogen and oxygen atoms in total. The summed E-state index contributed by atoms with van der Waals surface area (Å²) in [5.41, 5.74) is 0.922. The molecule has 1 amide bonds. The van der Waals surface area contributed by atoms with Crippen LogP contribution in [0.1, 0.15) is 44.7 Å². The number of hydrogen-bond acceptors (Lipinski definition) is 1. The first-order valence-corrected chi connectivity index (χ1v) is 5.68. The van der Waals surface area contributed by atoms with Crippen LogP contribution in [0.25, 0.3) is 0 Å². The molecule has 0 aromatic heterocycles. The Labute approximate surface area is 95.9 Å². The van der Waals surface area contributed by atoms with Gasteiger partial charge in [-0.3, -0.25) is 4.79 Å². The predicted molar refractivity (Wildman–Crippen MR) is 62.5 cm³/mol. The Bertz CT molecular complexity index is 334. The molecule has 1 aromatic rings. The molecule has 16 heavy (non-hydrogen) atoms. The lowest BCUT2D eigenvalue weighted by Gasteiger charge is -2.14. The lowest BCUT2D eigenvalue weighted by atomic mass is 10.1. The summed E-state index contributed by atoms with van der Waals surface area (Å²) < 4.78 is 12.7. The summed E-state index contributed by atoms with van der Waals surface area (Å²) in [6.07, 6.45) is 2.47. The van der Waals surface area contributed by atoms with E-state index < -0.39 is 0 Å². The lowest BCUT2D eigenvalue weighted by molar-refractivity contribution is -0.121. The summed E-state index contributed by atoms with van der Waals surface area (Å²) in [7, 11) is 0. The number of amides is 1. The van der Waals surface area contributed by atoms with Crippen molar-refractivity contribution in [2.75, 3.05) is 0 Å². The molecule has 1 atom stereocenters. The van der Waals surface area contributed by atoms with Crippen LogP contribution in [0.2, 0.25) is 0 Å². The summed E-state index contributed by atoms with van der Waals surface area (Å²) in [6.45, 7) is 3.95. The Kier molecular flexibility index (Phi) is 4.96. The Hall–Kier alpha value is -1.38. The molecule has 0 aliphatic heterocycles. The van der Waals surface area contributed by atoms with Gasteiger partial charge >= 0.3 is 0 Å². The van der Waals surface area contributed by atoms with Crippen molar-refractivity contribution in [1.82, 2.24) is 5.32 Å². The quantitative estimate of drug-likeness (QED) is 0.816. The topological polar surface area (TPSA) is 29.1 Å². The van der Waals surface area contributed by atoms with Gasteiger partial charge in [0.25, 0.3) is 0 Å². The molecule has 3 heteroatoms. The number of carbonyl (C=O) groups excluding carboxylic acids is 1. The molecule has 1 rings (SSSR count). The second-order valence-electron chi connectivity index (χ2n) is 3.94. The average molecular weight is 223 g/mol. The van der Waals surface area contributed by atoms with Gasteiger partial charge in [0.05, 0.1) is 6.04 Å². The van der Waals surface area contributed by atoms with Crippen molar-refractivity contribution in [3.05, 3.63) is 35.6 Å². The highest BCUT2D eigenvalue weighted by Gasteiger charge is 2.08. The lowest BCUT2D eigenvalue weighted by Crippen LogP contribution is -2.26. The van der Waals surface area contributed by atoms with Crippen LogP contribution in [0, 0.1) is 5.82 Å². The van der Waals surface area contributed by atoms with Crippen molar-refractivity contribution in [3.63, 3.8) is 0 Å². The summed E-state index contributed by atoms with van der Waals surface area (Å²) >= 11 is 0. The predicted octanol–water partition coefficient (Wildman–Crippen LogP) is 3.19. The third-order valence-electron chi connectivity index (χ3n) is 2.50. The van der Waals surface area contributed by atoms with Crippen molar-refractivity contribution in [3.8, 4) is 0 Å². The highest BCUT2D eigenvalue weighted by Crippen LogP contribution is 2.13. The van der Waals surface area contributed by atoms with Crippen LogP contribution in [0.4, 0.5) is 4.39 Å². The average Bonchev–Trinajstić information content (AvgIpc) is 2.27. The molecule has 0 unspecified atom stereocenters. The first-order valence-electron chi connectivity index (χ1n) is 5.68. The third-order valence-corrected chi connectivity index (χ3v) is 2.50. The summed E-state index contributed by atoms with van der Waals surface area (Å²) in [5.74, 6) is -0.202. The van der Waals surface area contributed by atoms with E-state index in [0.717, 1.165) is 18.4 Å². The highest BCUT2D eigenvalue weighted by atomic mass is 19.1. The minimum absolute atomic E-state index is 0.0543. The van der Waals surface area contributed by atoms with Crippen molar-refractivity contribution >= 4 is 5.91 Å². The summed E-state index contributed by atoms with van der Waals surface area (Å²) in [6, 6.07) is 6.14. The van der Waals surface area contributed by atoms with Gasteiger partial charge in [-0.15, -0.1) is 0 Å². The monoisotopic (exact) mass is 223 g/mol. The van der Waals surface area contributed by atoms with Gasteiger partial charge in [0.2, 0.25) is 5.91 Å². The molecule has 0 aliphatic carbocycles. The minimum atomic E-state index is -0.256. The van der Waals surface area contributed by atoms with Gasteiger partial charge in [0.1, 0.15) is 5.82 Å². The number of rotatable bonds is 5. The normalized spacial score (nSPS) is 12.2. The second-order valence-corrected chi connectivity index (χ2v) is 3.94. The van der Waals surface area contributed by atoms with Crippen molar-refractivity contribution in [2.45, 2.75) is 39.2 Å². The van der Waals surface area contributed by atoms with Gasteiger partial charge in [-0.25, -0.2) is 4.39 Å². The molecule has 0 bridgehead atoms. The van der Waals surface area contributed by atoms with Crippen LogP contribution in [-0.4, -0.2) is 5.91 Å². The van der Waals surface area contributed by atoms with Gasteiger partial charge in [-0.05, 0) is 31.0 Å². The molecule has 0 radical (unpaired) electrons. The maximum Gasteiger partial charge on any atom is 0.220 e. The van der Waals surface area contributed by atoms with Crippen LogP contribution < -0.4 is 5.32 Å². The highest BCUT2D eigenvalue weighted by molar-refractivity contribution is 5.76. The molecule has 0 saturated carbocycles. The van der Waals surface area contributed by atoms with Crippen molar-refractivity contribution in [1.29, 1.82) is 0 Å². The van der Waals surface area contributed by atoms with Gasteiger partial charge in [-0.1, -0.05) is 25.5 Å². The van der Waals surface area contributed by atoms with Gasteiger partial charge in [-0.2, -0.15) is 0 Å². The molecule has 1 aromatic carbocycles. The van der Waals surface area contributed by atoms with Crippen molar-refractivity contribution in [2.24, 2.45) is 0 Å². The summed E-state index contributed by atoms with van der Waals surface area (Å²) in [4.78, 5) is 11.5. The smallest absolute Gasteiger partial charge is 0.220 e. The number of carbonyl (C=O) groups is 1. The maximum absolute atomic E-state index is 12.7. The zero-order valence-electron chi connectivity index (χ0n) is 9.79. The van der Waals surface area contributed by atoms with Crippen molar-refractivity contribution < 1.29 is 9.18 Å². The molecule has 0 heterocycles. The summed E-state index contributed by atoms with van der Waals surface area (Å²) in [5, 5.41) is 2.89. The molecule has 0 aliphatic rings. The van der Waals surface area contributed by atoms with E-state index in [1.54, 1.807) is 12.1 Å². The first-order chi connectivity index (χ1) is 7.63. The van der Waals surface area contributed by atoms with Crippen LogP contribution in [0.5, 0.6) is 0 Å². The molecule has 1 N–H and O–H groups in total. The van der Waals surface area contributed by atoms with E-state index in [1.165, 1.54) is 12.1 Å². The van der Waals surface area contributed by atoms with Gasteiger partial charge in [0, 0.05) is 6.42 Å². The van der Waals surface area contributed by atoms with E-state index in [9.17, 15) is 9.18 Å². The van der Waals surface area contributed by atoms with Gasteiger partial charge in [0.15, 0.2) is 0 Å². The number of halogens is 1. The van der Waals surface area contributed by atoms with Crippen LogP contribution in [0.3, 0.4) is 0 Å². The Morgan fingerprint density at radius 1 is 1.38 bits per heavy atom. The zero-order valence-corrected chi connectivity index (χ0v) is 9.79. The largest absolute Gasteiger partial charge is 0.350 e. The second kappa shape index (κ2) is 6.26. The fourth-order valence-corrected chi connectivity index (χ4v) is 1.49. The first kappa shape index (κ1) is 12.7. The van der Waals surface area contributed by atoms with Crippen LogP contribution in [-0.2, 0) is 4.79 Å². The SMILES string of the molecule is CCCCC(=O)N[C@@H](C)c1ccc(F)cc1. The number of nitrogens with one attached hydrogen (secondary N) is 1. The van der Waals surface area contributed by atoms with E-state index in [0.29, 0.717) is 6.42 Å². The number of hydrogen-bond donors (Lipinski definition) is 1. The fraction of sp³-hybridized carbons (Fsp3) is 0.462. The molecule has 88 valence electrons. The standard InChI is InChI=1S/C13H18FNO/c1-3-4-5-13(16)15-10(2)11-6-8-12(14)9-7-11/h6-10H,3-5H2,1-2H3,(H,15,16)/t10-/m0/s1. The van der Waals surface area contributed by atoms with E-state index >= 15 is 0 Å². The number of benzene rings is 1. The minimum Gasteiger partial charge on any atom is -0.350 e. The fourth-order valence-electron chi connectivity index (χ4n) is 1.49. The Balaban J connectivity index is 2.48. The van der Waals surface area contributed by atoms with Gasteiger partial charge < -0.3 is 5.32 Å². The number of unbranched alkanes of at least 4 members (excludes halogenated alkanes) is 1. The van der Waals surface area contributed by atoms with E-state index in [4.69, 9.17) is 0 Å². The van der Waals surface area contributed by atoms with Crippen LogP contribution >= 0.6 is 0 Å². The zero-order chi connectivity index (χ0) is 12.0. The molecule has 0 spiro atoms. The van der Waals surface area contributed by atoms with E-state index in [1.807, 2.05) is 6.92 Å². The Morgan fingerprint density at radius 2 is 2.00 bits per heavy atom. The molecular weight excluding hydrogens is 205 g/mol. The molecular formula is C13H18FNO. The molecule has 0 saturated heterocycles. The van der Waals surface area contributed by atoms with Crippen LogP contribution in [0.15, 0.2) is 24.3 Å². The Morgan fingerprint density at radius 3 is 2.56 bits per heavy atom. The molecule has 0 fully saturated rings. The maximum atomic E-state index is 12.7.